The molecule has 0 radical (unpaired) electrons. The molecule has 1 fully saturated rings. The van der Waals surface area contributed by atoms with E-state index in [-0.39, 0.29) is 19.6 Å². The van der Waals surface area contributed by atoms with Crippen LogP contribution in [0.15, 0.2) is 97.6 Å². The summed E-state index contributed by atoms with van der Waals surface area (Å²) in [6, 6.07) is 25.1. The lowest BCUT2D eigenvalue weighted by Crippen LogP contribution is -2.59. The molecule has 0 N–H and O–H groups in total. The Morgan fingerprint density at radius 2 is 1.36 bits per heavy atom. The smallest absolute Gasteiger partial charge is 0.416 e. The average Bonchev–Trinajstić information content (AvgIpc) is 3.51. The number of rotatable bonds is 7. The van der Waals surface area contributed by atoms with Gasteiger partial charge in [0.05, 0.1) is 5.69 Å². The predicted octanol–water partition coefficient (Wildman–Crippen LogP) is 7.37. The van der Waals surface area contributed by atoms with Gasteiger partial charge in [0.2, 0.25) is 0 Å². The maximum atomic E-state index is 14.2. The van der Waals surface area contributed by atoms with E-state index < -0.39 is 46.8 Å². The normalized spacial score (nSPS) is 20.8. The van der Waals surface area contributed by atoms with E-state index in [1.165, 1.54) is 9.80 Å². The molecular formula is C36H40N2O6. The molecule has 44 heavy (non-hydrogen) atoms. The van der Waals surface area contributed by atoms with Crippen molar-refractivity contribution in [1.82, 2.24) is 4.90 Å². The maximum Gasteiger partial charge on any atom is 0.416 e. The molecule has 0 spiro atoms. The molecule has 230 valence electrons. The minimum absolute atomic E-state index is 0.00802. The second kappa shape index (κ2) is 11.8. The summed E-state index contributed by atoms with van der Waals surface area (Å²) in [6.45, 7) is 13.6. The van der Waals surface area contributed by atoms with Gasteiger partial charge in [0.25, 0.3) is 0 Å². The van der Waals surface area contributed by atoms with Crippen molar-refractivity contribution in [2.24, 2.45) is 5.41 Å². The van der Waals surface area contributed by atoms with Crippen LogP contribution in [0.5, 0.6) is 0 Å². The molecule has 0 bridgehead atoms. The number of para-hydroxylation sites is 1. The van der Waals surface area contributed by atoms with Gasteiger partial charge >= 0.3 is 18.2 Å². The Morgan fingerprint density at radius 3 is 1.93 bits per heavy atom. The van der Waals surface area contributed by atoms with Gasteiger partial charge in [-0.2, -0.15) is 0 Å². The molecule has 3 atom stereocenters. The Kier molecular flexibility index (Phi) is 8.30. The Morgan fingerprint density at radius 1 is 0.818 bits per heavy atom. The first-order valence-corrected chi connectivity index (χ1v) is 14.8. The van der Waals surface area contributed by atoms with Crippen molar-refractivity contribution in [2.45, 2.75) is 77.5 Å². The highest BCUT2D eigenvalue weighted by atomic mass is 16.6. The van der Waals surface area contributed by atoms with Crippen molar-refractivity contribution >= 4 is 23.8 Å². The van der Waals surface area contributed by atoms with E-state index in [4.69, 9.17) is 14.2 Å². The number of esters is 1. The summed E-state index contributed by atoms with van der Waals surface area (Å²) in [6.07, 6.45) is -0.318. The number of likely N-dealkylation sites (tertiary alicyclic amines) is 1. The Bertz CT molecular complexity index is 1530. The molecule has 8 nitrogen and oxygen atoms in total. The summed E-state index contributed by atoms with van der Waals surface area (Å²) >= 11 is 0. The van der Waals surface area contributed by atoms with Crippen molar-refractivity contribution in [3.8, 4) is 0 Å². The number of hydrogen-bond donors (Lipinski definition) is 0. The fourth-order valence-electron chi connectivity index (χ4n) is 6.38. The number of carbonyl (C=O) groups excluding carboxylic acids is 3. The molecule has 0 saturated carbocycles. The third kappa shape index (κ3) is 5.56. The van der Waals surface area contributed by atoms with Crippen LogP contribution in [-0.4, -0.2) is 40.9 Å². The van der Waals surface area contributed by atoms with Crippen LogP contribution in [0.2, 0.25) is 0 Å². The van der Waals surface area contributed by atoms with E-state index >= 15 is 0 Å². The van der Waals surface area contributed by atoms with E-state index in [1.807, 2.05) is 105 Å². The zero-order valence-corrected chi connectivity index (χ0v) is 26.0. The molecule has 3 aromatic rings. The van der Waals surface area contributed by atoms with Crippen LogP contribution in [0, 0.1) is 5.41 Å². The van der Waals surface area contributed by atoms with Gasteiger partial charge in [0.1, 0.15) is 31.0 Å². The summed E-state index contributed by atoms with van der Waals surface area (Å²) in [5.41, 5.74) is 0.593. The summed E-state index contributed by atoms with van der Waals surface area (Å²) in [7, 11) is 0. The second-order valence-electron chi connectivity index (χ2n) is 12.9. The van der Waals surface area contributed by atoms with E-state index in [0.717, 1.165) is 16.7 Å². The number of allylic oxidation sites excluding steroid dienone is 1. The highest BCUT2D eigenvalue weighted by molar-refractivity contribution is 5.96. The quantitative estimate of drug-likeness (QED) is 0.161. The largest absolute Gasteiger partial charge is 0.459 e. The molecule has 2 aliphatic heterocycles. The fraction of sp³-hybridized carbons (Fsp3) is 0.361. The molecule has 5 rings (SSSR count). The highest BCUT2D eigenvalue weighted by Crippen LogP contribution is 2.62. The fourth-order valence-corrected chi connectivity index (χ4v) is 6.38. The summed E-state index contributed by atoms with van der Waals surface area (Å²) < 4.78 is 17.6. The van der Waals surface area contributed by atoms with Gasteiger partial charge in [-0.3, -0.25) is 9.80 Å². The number of nitrogens with zero attached hydrogens (tertiary/aromatic N) is 2. The summed E-state index contributed by atoms with van der Waals surface area (Å²) in [4.78, 5) is 45.1. The lowest BCUT2D eigenvalue weighted by atomic mass is 9.60. The van der Waals surface area contributed by atoms with Crippen LogP contribution in [0.4, 0.5) is 15.3 Å². The van der Waals surface area contributed by atoms with E-state index in [2.05, 4.69) is 6.58 Å². The third-order valence-electron chi connectivity index (χ3n) is 8.61. The molecule has 2 amide bonds. The number of hydrogen-bond acceptors (Lipinski definition) is 6. The highest BCUT2D eigenvalue weighted by Gasteiger charge is 2.70. The molecule has 1 saturated heterocycles. The Balaban J connectivity index is 1.62. The minimum atomic E-state index is -1.05. The first-order chi connectivity index (χ1) is 20.9. The van der Waals surface area contributed by atoms with Gasteiger partial charge in [-0.1, -0.05) is 98.8 Å². The van der Waals surface area contributed by atoms with Crippen LogP contribution < -0.4 is 4.90 Å². The molecule has 0 aromatic heterocycles. The summed E-state index contributed by atoms with van der Waals surface area (Å²) in [5.74, 6) is -0.583. The number of ether oxygens (including phenoxy) is 3. The Labute approximate surface area is 259 Å². The zero-order chi connectivity index (χ0) is 31.7. The van der Waals surface area contributed by atoms with E-state index in [1.54, 1.807) is 20.8 Å². The lowest BCUT2D eigenvalue weighted by Gasteiger charge is -2.45. The minimum Gasteiger partial charge on any atom is -0.459 e. The first-order valence-electron chi connectivity index (χ1n) is 14.8. The molecule has 0 unspecified atom stereocenters. The molecule has 2 heterocycles. The Hall–Kier alpha value is -4.59. The number of amides is 2. The predicted molar refractivity (Wildman–Crippen MR) is 168 cm³/mol. The van der Waals surface area contributed by atoms with Gasteiger partial charge in [-0.25, -0.2) is 14.4 Å². The second-order valence-corrected chi connectivity index (χ2v) is 12.9. The van der Waals surface area contributed by atoms with Gasteiger partial charge in [-0.15, -0.1) is 6.58 Å². The van der Waals surface area contributed by atoms with Crippen molar-refractivity contribution in [1.29, 1.82) is 0 Å². The number of fused-ring (bicyclic) bond motifs is 3. The van der Waals surface area contributed by atoms with Crippen LogP contribution in [0.25, 0.3) is 0 Å². The number of carbonyl (C=O) groups is 3. The molecule has 0 aliphatic carbocycles. The molecule has 8 heteroatoms. The standard InChI is InChI=1S/C36H40N2O6/c1-7-35(5,6)36-22-29(30(39)42-23-25-16-10-8-11-17-25)38(32(40)43-24-26-18-12-9-13-19-26)31(36)37(33(41)44-34(2,3)4)28-21-15-14-20-27(28)36/h7-21,29,31H,1,22-24H2,2-6H3/t29-,31-,36+/m0/s1. The average molecular weight is 597 g/mol. The van der Waals surface area contributed by atoms with Crippen molar-refractivity contribution in [2.75, 3.05) is 4.90 Å². The van der Waals surface area contributed by atoms with Crippen molar-refractivity contribution < 1.29 is 28.6 Å². The number of benzene rings is 3. The SMILES string of the molecule is C=CC(C)(C)[C@@]12C[C@@H](C(=O)OCc3ccccc3)N(C(=O)OCc3ccccc3)[C@@H]1N(C(=O)OC(C)(C)C)c1ccccc12. The monoisotopic (exact) mass is 596 g/mol. The number of anilines is 1. The van der Waals surface area contributed by atoms with Gasteiger partial charge < -0.3 is 14.2 Å². The van der Waals surface area contributed by atoms with Gasteiger partial charge in [0.15, 0.2) is 0 Å². The van der Waals surface area contributed by atoms with Crippen LogP contribution in [0.1, 0.15) is 57.7 Å². The van der Waals surface area contributed by atoms with Crippen molar-refractivity contribution in [3.63, 3.8) is 0 Å². The van der Waals surface area contributed by atoms with Crippen LogP contribution in [-0.2, 0) is 37.6 Å². The lowest BCUT2D eigenvalue weighted by molar-refractivity contribution is -0.150. The van der Waals surface area contributed by atoms with Crippen LogP contribution in [0.3, 0.4) is 0 Å². The molecule has 2 aliphatic rings. The van der Waals surface area contributed by atoms with Gasteiger partial charge in [0, 0.05) is 5.41 Å². The molecular weight excluding hydrogens is 556 g/mol. The zero-order valence-electron chi connectivity index (χ0n) is 26.0. The van der Waals surface area contributed by atoms with Crippen molar-refractivity contribution in [3.05, 3.63) is 114 Å². The third-order valence-corrected chi connectivity index (χ3v) is 8.61. The summed E-state index contributed by atoms with van der Waals surface area (Å²) in [5, 5.41) is 0. The topological polar surface area (TPSA) is 85.4 Å². The van der Waals surface area contributed by atoms with Crippen LogP contribution >= 0.6 is 0 Å². The maximum absolute atomic E-state index is 14.2. The molecule has 3 aromatic carbocycles. The first kappa shape index (κ1) is 30.9. The van der Waals surface area contributed by atoms with Gasteiger partial charge in [-0.05, 0) is 55.4 Å². The van der Waals surface area contributed by atoms with E-state index in [9.17, 15) is 14.4 Å². The van der Waals surface area contributed by atoms with E-state index in [0.29, 0.717) is 5.69 Å².